The van der Waals surface area contributed by atoms with Gasteiger partial charge in [-0.3, -0.25) is 4.79 Å². The van der Waals surface area contributed by atoms with Gasteiger partial charge in [-0.15, -0.1) is 0 Å². The third-order valence-electron chi connectivity index (χ3n) is 3.75. The van der Waals surface area contributed by atoms with Crippen LogP contribution >= 0.6 is 11.6 Å². The molecule has 1 amide bonds. The summed E-state index contributed by atoms with van der Waals surface area (Å²) in [4.78, 5) is 25.3. The van der Waals surface area contributed by atoms with Crippen LogP contribution < -0.4 is 0 Å². The van der Waals surface area contributed by atoms with Crippen LogP contribution in [0.3, 0.4) is 0 Å². The van der Waals surface area contributed by atoms with E-state index >= 15 is 0 Å². The number of hydrogen-bond donors (Lipinski definition) is 0. The Kier molecular flexibility index (Phi) is 6.76. The van der Waals surface area contributed by atoms with Crippen LogP contribution in [-0.2, 0) is 19.6 Å². The van der Waals surface area contributed by atoms with Crippen molar-refractivity contribution in [1.82, 2.24) is 9.21 Å². The van der Waals surface area contributed by atoms with E-state index in [-0.39, 0.29) is 15.5 Å². The van der Waals surface area contributed by atoms with Crippen LogP contribution in [0, 0.1) is 11.3 Å². The Labute approximate surface area is 157 Å². The van der Waals surface area contributed by atoms with Gasteiger partial charge in [0.1, 0.15) is 5.54 Å². The molecule has 0 aliphatic heterocycles. The molecule has 0 aromatic heterocycles. The van der Waals surface area contributed by atoms with Crippen molar-refractivity contribution in [2.24, 2.45) is 0 Å². The number of carbonyl (C=O) groups is 2. The van der Waals surface area contributed by atoms with Gasteiger partial charge in [0.15, 0.2) is 6.61 Å². The average molecular weight is 402 g/mol. The second-order valence-corrected chi connectivity index (χ2v) is 8.69. The molecule has 1 aromatic rings. The smallest absolute Gasteiger partial charge is 0.340 e. The van der Waals surface area contributed by atoms with Crippen LogP contribution in [0.4, 0.5) is 0 Å². The minimum absolute atomic E-state index is 0.00846. The predicted molar refractivity (Wildman–Crippen MR) is 95.1 cm³/mol. The Balaban J connectivity index is 2.99. The molecule has 0 heterocycles. The molecule has 0 N–H and O–H groups in total. The molecule has 0 aliphatic carbocycles. The number of esters is 1. The van der Waals surface area contributed by atoms with Gasteiger partial charge in [-0.1, -0.05) is 11.6 Å². The quantitative estimate of drug-likeness (QED) is 0.668. The van der Waals surface area contributed by atoms with E-state index in [1.54, 1.807) is 13.8 Å². The first-order chi connectivity index (χ1) is 11.8. The number of carbonyl (C=O) groups excluding carboxylic acids is 2. The Bertz CT molecular complexity index is 859. The summed E-state index contributed by atoms with van der Waals surface area (Å²) in [7, 11) is 0.361. The standard InChI is InChI=1S/C16H20ClN3O5S/c1-16(2,10-18)20(5)14(21)9-25-15(22)12-8-11(6-7-13(12)17)26(23,24)19(3)4/h6-8H,9H2,1-5H3. The fourth-order valence-electron chi connectivity index (χ4n) is 1.72. The summed E-state index contributed by atoms with van der Waals surface area (Å²) < 4.78 is 30.2. The number of sulfonamides is 1. The van der Waals surface area contributed by atoms with Crippen LogP contribution in [0.5, 0.6) is 0 Å². The van der Waals surface area contributed by atoms with E-state index < -0.39 is 34.0 Å². The van der Waals surface area contributed by atoms with Gasteiger partial charge in [0.25, 0.3) is 5.91 Å². The molecule has 1 aromatic carbocycles. The highest BCUT2D eigenvalue weighted by atomic mass is 35.5. The normalized spacial score (nSPS) is 11.8. The molecule has 0 unspecified atom stereocenters. The largest absolute Gasteiger partial charge is 0.452 e. The zero-order valence-corrected chi connectivity index (χ0v) is 16.7. The molecule has 26 heavy (non-hydrogen) atoms. The third kappa shape index (κ3) is 4.72. The van der Waals surface area contributed by atoms with Gasteiger partial charge in [-0.2, -0.15) is 5.26 Å². The van der Waals surface area contributed by atoms with Crippen molar-refractivity contribution in [2.75, 3.05) is 27.7 Å². The molecule has 1 rings (SSSR count). The van der Waals surface area contributed by atoms with Crippen LogP contribution in [0.25, 0.3) is 0 Å². The van der Waals surface area contributed by atoms with Gasteiger partial charge >= 0.3 is 5.97 Å². The lowest BCUT2D eigenvalue weighted by atomic mass is 10.1. The maximum absolute atomic E-state index is 12.2. The number of nitriles is 1. The van der Waals surface area contributed by atoms with Crippen LogP contribution in [-0.4, -0.2) is 62.8 Å². The van der Waals surface area contributed by atoms with Crippen molar-refractivity contribution >= 4 is 33.5 Å². The van der Waals surface area contributed by atoms with Gasteiger partial charge in [-0.25, -0.2) is 17.5 Å². The molecule has 0 fully saturated rings. The number of halogens is 1. The van der Waals surface area contributed by atoms with Crippen molar-refractivity contribution in [3.05, 3.63) is 28.8 Å². The maximum atomic E-state index is 12.2. The molecule has 0 saturated heterocycles. The highest BCUT2D eigenvalue weighted by Crippen LogP contribution is 2.23. The van der Waals surface area contributed by atoms with Gasteiger partial charge in [0.05, 0.1) is 21.6 Å². The summed E-state index contributed by atoms with van der Waals surface area (Å²) >= 11 is 5.95. The third-order valence-corrected chi connectivity index (χ3v) is 5.89. The lowest BCUT2D eigenvalue weighted by Crippen LogP contribution is -2.45. The number of ether oxygens (including phenoxy) is 1. The molecular formula is C16H20ClN3O5S. The zero-order chi connectivity index (χ0) is 20.3. The second-order valence-electron chi connectivity index (χ2n) is 6.13. The SMILES string of the molecule is CN(C(=O)COC(=O)c1cc(S(=O)(=O)N(C)C)ccc1Cl)C(C)(C)C#N. The summed E-state index contributed by atoms with van der Waals surface area (Å²) in [6.07, 6.45) is 0. The van der Waals surface area contributed by atoms with E-state index in [1.165, 1.54) is 33.3 Å². The first kappa shape index (κ1) is 21.9. The van der Waals surface area contributed by atoms with E-state index in [2.05, 4.69) is 0 Å². The summed E-state index contributed by atoms with van der Waals surface area (Å²) in [6.45, 7) is 2.47. The van der Waals surface area contributed by atoms with Crippen LogP contribution in [0.2, 0.25) is 5.02 Å². The van der Waals surface area contributed by atoms with Crippen molar-refractivity contribution in [3.8, 4) is 6.07 Å². The lowest BCUT2D eigenvalue weighted by molar-refractivity contribution is -0.136. The topological polar surface area (TPSA) is 108 Å². The number of rotatable bonds is 6. The predicted octanol–water partition coefficient (Wildman–Crippen LogP) is 1.51. The first-order valence-electron chi connectivity index (χ1n) is 7.41. The highest BCUT2D eigenvalue weighted by molar-refractivity contribution is 7.89. The van der Waals surface area contributed by atoms with Gasteiger partial charge in [0, 0.05) is 21.1 Å². The fourth-order valence-corrected chi connectivity index (χ4v) is 2.84. The van der Waals surface area contributed by atoms with E-state index in [4.69, 9.17) is 21.6 Å². The van der Waals surface area contributed by atoms with Crippen molar-refractivity contribution in [2.45, 2.75) is 24.3 Å². The van der Waals surface area contributed by atoms with Crippen molar-refractivity contribution in [1.29, 1.82) is 5.26 Å². The molecule has 0 bridgehead atoms. The van der Waals surface area contributed by atoms with E-state index in [1.807, 2.05) is 6.07 Å². The number of nitrogens with zero attached hydrogens (tertiary/aromatic N) is 3. The number of benzene rings is 1. The number of hydrogen-bond acceptors (Lipinski definition) is 6. The molecule has 0 spiro atoms. The van der Waals surface area contributed by atoms with Crippen LogP contribution in [0.1, 0.15) is 24.2 Å². The van der Waals surface area contributed by atoms with E-state index in [0.717, 1.165) is 15.3 Å². The maximum Gasteiger partial charge on any atom is 0.340 e. The van der Waals surface area contributed by atoms with Gasteiger partial charge in [-0.05, 0) is 32.0 Å². The average Bonchev–Trinajstić information content (AvgIpc) is 2.58. The molecule has 0 atom stereocenters. The summed E-state index contributed by atoms with van der Waals surface area (Å²) in [5, 5.41) is 9.02. The fraction of sp³-hybridized carbons (Fsp3) is 0.438. The first-order valence-corrected chi connectivity index (χ1v) is 9.23. The summed E-state index contributed by atoms with van der Waals surface area (Å²) in [5.74, 6) is -1.53. The Hall–Kier alpha value is -2.15. The van der Waals surface area contributed by atoms with Crippen molar-refractivity contribution in [3.63, 3.8) is 0 Å². The molecule has 10 heteroatoms. The number of amides is 1. The second kappa shape index (κ2) is 8.03. The Morgan fingerprint density at radius 3 is 2.35 bits per heavy atom. The molecule has 0 aliphatic rings. The molecule has 0 radical (unpaired) electrons. The number of likely N-dealkylation sites (N-methyl/N-ethyl adjacent to an activating group) is 1. The minimum atomic E-state index is -3.76. The molecule has 8 nitrogen and oxygen atoms in total. The van der Waals surface area contributed by atoms with Gasteiger partial charge < -0.3 is 9.64 Å². The van der Waals surface area contributed by atoms with Gasteiger partial charge in [0.2, 0.25) is 10.0 Å². The summed E-state index contributed by atoms with van der Waals surface area (Å²) in [5.41, 5.74) is -1.24. The molecule has 0 saturated carbocycles. The van der Waals surface area contributed by atoms with E-state index in [0.29, 0.717) is 0 Å². The minimum Gasteiger partial charge on any atom is -0.452 e. The molecule has 142 valence electrons. The Morgan fingerprint density at radius 2 is 1.85 bits per heavy atom. The van der Waals surface area contributed by atoms with Crippen LogP contribution in [0.15, 0.2) is 23.1 Å². The Morgan fingerprint density at radius 1 is 1.27 bits per heavy atom. The highest BCUT2D eigenvalue weighted by Gasteiger charge is 2.28. The molecular weight excluding hydrogens is 382 g/mol. The summed E-state index contributed by atoms with van der Waals surface area (Å²) in [6, 6.07) is 5.58. The van der Waals surface area contributed by atoms with Crippen molar-refractivity contribution < 1.29 is 22.7 Å². The van der Waals surface area contributed by atoms with E-state index in [9.17, 15) is 18.0 Å². The lowest BCUT2D eigenvalue weighted by Gasteiger charge is -2.28. The monoisotopic (exact) mass is 401 g/mol. The zero-order valence-electron chi connectivity index (χ0n) is 15.1.